The number of hydrogen-bond acceptors (Lipinski definition) is 4. The molecule has 1 aliphatic carbocycles. The molecular formula is C16H25N3O2. The zero-order chi connectivity index (χ0) is 15.5. The van der Waals surface area contributed by atoms with Crippen molar-refractivity contribution in [1.82, 2.24) is 5.32 Å². The third-order valence-corrected chi connectivity index (χ3v) is 4.46. The third kappa shape index (κ3) is 3.36. The summed E-state index contributed by atoms with van der Waals surface area (Å²) in [5, 5.41) is 15.2. The van der Waals surface area contributed by atoms with Crippen LogP contribution < -0.4 is 11.1 Å². The molecule has 0 saturated heterocycles. The lowest BCUT2D eigenvalue weighted by atomic mass is 9.64. The minimum absolute atomic E-state index is 0.134. The molecule has 0 spiro atoms. The van der Waals surface area contributed by atoms with E-state index in [1.54, 1.807) is 0 Å². The molecule has 116 valence electrons. The molecule has 5 heteroatoms. The maximum absolute atomic E-state index is 8.64. The summed E-state index contributed by atoms with van der Waals surface area (Å²) in [6, 6.07) is 8.18. The first kappa shape index (κ1) is 15.8. The highest BCUT2D eigenvalue weighted by Crippen LogP contribution is 2.42. The Morgan fingerprint density at radius 1 is 1.43 bits per heavy atom. The molecule has 21 heavy (non-hydrogen) atoms. The molecule has 2 unspecified atom stereocenters. The number of hydrogen-bond donors (Lipinski definition) is 3. The molecule has 1 aromatic rings. The lowest BCUT2D eigenvalue weighted by Crippen LogP contribution is -2.60. The van der Waals surface area contributed by atoms with E-state index in [0.717, 1.165) is 25.1 Å². The van der Waals surface area contributed by atoms with Gasteiger partial charge in [-0.25, -0.2) is 0 Å². The summed E-state index contributed by atoms with van der Waals surface area (Å²) in [6.45, 7) is 8.12. The Kier molecular flexibility index (Phi) is 4.85. The van der Waals surface area contributed by atoms with E-state index in [2.05, 4.69) is 24.3 Å². The van der Waals surface area contributed by atoms with Crippen LogP contribution in [0.4, 0.5) is 0 Å². The van der Waals surface area contributed by atoms with Gasteiger partial charge >= 0.3 is 0 Å². The van der Waals surface area contributed by atoms with Crippen LogP contribution in [0.25, 0.3) is 0 Å². The lowest BCUT2D eigenvalue weighted by molar-refractivity contribution is -0.114. The van der Waals surface area contributed by atoms with E-state index in [-0.39, 0.29) is 11.3 Å². The predicted molar refractivity (Wildman–Crippen MR) is 83.4 cm³/mol. The monoisotopic (exact) mass is 291 g/mol. The molecule has 1 fully saturated rings. The molecule has 0 heterocycles. The normalized spacial score (nSPS) is 24.6. The van der Waals surface area contributed by atoms with Crippen LogP contribution in [0.5, 0.6) is 0 Å². The van der Waals surface area contributed by atoms with Gasteiger partial charge < -0.3 is 21.0 Å². The topological polar surface area (TPSA) is 79.9 Å². The summed E-state index contributed by atoms with van der Waals surface area (Å²) < 4.78 is 5.74. The van der Waals surface area contributed by atoms with Crippen LogP contribution in [0.15, 0.2) is 29.4 Å². The molecular weight excluding hydrogens is 266 g/mol. The Bertz CT molecular complexity index is 497. The average molecular weight is 291 g/mol. The third-order valence-electron chi connectivity index (χ3n) is 4.46. The van der Waals surface area contributed by atoms with E-state index >= 15 is 0 Å². The Hall–Kier alpha value is -1.59. The van der Waals surface area contributed by atoms with Crippen molar-refractivity contribution in [3.8, 4) is 0 Å². The van der Waals surface area contributed by atoms with Gasteiger partial charge in [0.05, 0.1) is 6.10 Å². The van der Waals surface area contributed by atoms with Crippen LogP contribution in [0.1, 0.15) is 38.3 Å². The van der Waals surface area contributed by atoms with Crippen LogP contribution in [-0.4, -0.2) is 29.8 Å². The Morgan fingerprint density at radius 2 is 2.10 bits per heavy atom. The fraction of sp³-hybridized carbons (Fsp3) is 0.562. The molecule has 0 aromatic heterocycles. The summed E-state index contributed by atoms with van der Waals surface area (Å²) in [5.41, 5.74) is 7.62. The fourth-order valence-corrected chi connectivity index (χ4v) is 2.81. The number of nitrogens with zero attached hydrogens (tertiary/aromatic N) is 1. The second kappa shape index (κ2) is 6.45. The van der Waals surface area contributed by atoms with Gasteiger partial charge in [-0.3, -0.25) is 0 Å². The van der Waals surface area contributed by atoms with Gasteiger partial charge in [0, 0.05) is 30.2 Å². The maximum atomic E-state index is 8.64. The smallest absolute Gasteiger partial charge is 0.170 e. The second-order valence-electron chi connectivity index (χ2n) is 6.12. The Morgan fingerprint density at radius 3 is 2.62 bits per heavy atom. The summed E-state index contributed by atoms with van der Waals surface area (Å²) in [4.78, 5) is 0. The van der Waals surface area contributed by atoms with Gasteiger partial charge in [0.15, 0.2) is 5.84 Å². The quantitative estimate of drug-likeness (QED) is 0.324. The van der Waals surface area contributed by atoms with Gasteiger partial charge in [0.25, 0.3) is 0 Å². The number of ether oxygens (including phenoxy) is 1. The zero-order valence-electron chi connectivity index (χ0n) is 13.0. The molecule has 5 nitrogen and oxygen atoms in total. The molecule has 1 aromatic carbocycles. The van der Waals surface area contributed by atoms with Gasteiger partial charge in [-0.2, -0.15) is 0 Å². The Balaban J connectivity index is 1.87. The van der Waals surface area contributed by atoms with Crippen molar-refractivity contribution in [2.75, 3.05) is 6.61 Å². The molecule has 0 radical (unpaired) electrons. The first-order valence-electron chi connectivity index (χ1n) is 7.40. The van der Waals surface area contributed by atoms with Crippen LogP contribution in [0, 0.1) is 5.41 Å². The average Bonchev–Trinajstić information content (AvgIpc) is 2.50. The first-order chi connectivity index (χ1) is 9.98. The van der Waals surface area contributed by atoms with Crippen LogP contribution in [0.2, 0.25) is 0 Å². The highest BCUT2D eigenvalue weighted by Gasteiger charge is 2.48. The van der Waals surface area contributed by atoms with Gasteiger partial charge in [-0.1, -0.05) is 43.3 Å². The van der Waals surface area contributed by atoms with E-state index in [1.165, 1.54) is 5.56 Å². The van der Waals surface area contributed by atoms with Crippen molar-refractivity contribution in [2.45, 2.75) is 45.9 Å². The van der Waals surface area contributed by atoms with Crippen LogP contribution >= 0.6 is 0 Å². The van der Waals surface area contributed by atoms with E-state index in [4.69, 9.17) is 15.7 Å². The molecule has 0 amide bonds. The maximum Gasteiger partial charge on any atom is 0.170 e. The predicted octanol–water partition coefficient (Wildman–Crippen LogP) is 2.07. The van der Waals surface area contributed by atoms with Crippen LogP contribution in [-0.2, 0) is 11.3 Å². The van der Waals surface area contributed by atoms with Gasteiger partial charge in [0.1, 0.15) is 0 Å². The van der Waals surface area contributed by atoms with Crippen molar-refractivity contribution >= 4 is 5.84 Å². The van der Waals surface area contributed by atoms with E-state index in [0.29, 0.717) is 12.1 Å². The minimum atomic E-state index is 0.134. The molecule has 0 aliphatic heterocycles. The number of nitrogens with one attached hydrogen (secondary N) is 1. The van der Waals surface area contributed by atoms with Gasteiger partial charge in [0.2, 0.25) is 0 Å². The molecule has 1 aliphatic rings. The van der Waals surface area contributed by atoms with Crippen molar-refractivity contribution in [2.24, 2.45) is 16.3 Å². The van der Waals surface area contributed by atoms with E-state index < -0.39 is 0 Å². The highest BCUT2D eigenvalue weighted by molar-refractivity contribution is 5.96. The van der Waals surface area contributed by atoms with E-state index in [9.17, 15) is 0 Å². The number of amidine groups is 1. The Labute approximate surface area is 126 Å². The van der Waals surface area contributed by atoms with Crippen molar-refractivity contribution in [3.05, 3.63) is 35.4 Å². The highest BCUT2D eigenvalue weighted by atomic mass is 16.5. The summed E-state index contributed by atoms with van der Waals surface area (Å²) in [6.07, 6.45) is 1.41. The largest absolute Gasteiger partial charge is 0.409 e. The molecule has 4 N–H and O–H groups in total. The molecule has 0 bridgehead atoms. The number of benzene rings is 1. The minimum Gasteiger partial charge on any atom is -0.409 e. The molecule has 1 saturated carbocycles. The standard InChI is InChI=1S/C16H25N3O2/c1-4-21-14-9-13(16(14,2)3)18-10-11-5-7-12(8-6-11)15(17)19-20/h5-8,13-14,18,20H,4,9-10H2,1-3H3,(H2,17,19). The summed E-state index contributed by atoms with van der Waals surface area (Å²) >= 11 is 0. The van der Waals surface area contributed by atoms with E-state index in [1.807, 2.05) is 31.2 Å². The number of rotatable bonds is 6. The number of nitrogens with two attached hydrogens (primary N) is 1. The second-order valence-corrected chi connectivity index (χ2v) is 6.12. The van der Waals surface area contributed by atoms with Gasteiger partial charge in [-0.15, -0.1) is 0 Å². The molecule has 2 atom stereocenters. The van der Waals surface area contributed by atoms with Crippen LogP contribution in [0.3, 0.4) is 0 Å². The SMILES string of the molecule is CCOC1CC(NCc2ccc(/C(N)=N/O)cc2)C1(C)C. The number of oxime groups is 1. The molecule has 2 rings (SSSR count). The van der Waals surface area contributed by atoms with Crippen molar-refractivity contribution in [1.29, 1.82) is 0 Å². The fourth-order valence-electron chi connectivity index (χ4n) is 2.81. The zero-order valence-corrected chi connectivity index (χ0v) is 13.0. The summed E-state index contributed by atoms with van der Waals surface area (Å²) in [5.74, 6) is 0.134. The lowest BCUT2D eigenvalue weighted by Gasteiger charge is -2.52. The first-order valence-corrected chi connectivity index (χ1v) is 7.40. The van der Waals surface area contributed by atoms with Gasteiger partial charge in [-0.05, 0) is 18.9 Å². The van der Waals surface area contributed by atoms with Crippen molar-refractivity contribution < 1.29 is 9.94 Å². The summed E-state index contributed by atoms with van der Waals surface area (Å²) in [7, 11) is 0. The van der Waals surface area contributed by atoms with Crippen molar-refractivity contribution in [3.63, 3.8) is 0 Å².